The molecule has 1 aromatic rings. The molecule has 0 aliphatic heterocycles. The summed E-state index contributed by atoms with van der Waals surface area (Å²) in [4.78, 5) is 2.05. The van der Waals surface area contributed by atoms with Crippen LogP contribution in [0.4, 0.5) is 4.39 Å². The molecule has 0 saturated heterocycles. The average molecular weight is 226 g/mol. The summed E-state index contributed by atoms with van der Waals surface area (Å²) in [6, 6.07) is 6.59. The van der Waals surface area contributed by atoms with E-state index in [1.807, 2.05) is 13.1 Å². The van der Waals surface area contributed by atoms with E-state index in [1.54, 1.807) is 19.2 Å². The van der Waals surface area contributed by atoms with Crippen molar-refractivity contribution in [1.29, 1.82) is 0 Å². The highest BCUT2D eigenvalue weighted by atomic mass is 19.1. The van der Waals surface area contributed by atoms with Gasteiger partial charge in [0, 0.05) is 26.2 Å². The van der Waals surface area contributed by atoms with Gasteiger partial charge >= 0.3 is 0 Å². The maximum absolute atomic E-state index is 12.9. The molecule has 1 aromatic carbocycles. The van der Waals surface area contributed by atoms with Crippen LogP contribution in [0.1, 0.15) is 5.56 Å². The fourth-order valence-electron chi connectivity index (χ4n) is 1.68. The molecule has 0 bridgehead atoms. The lowest BCUT2D eigenvalue weighted by atomic mass is 10.2. The fourth-order valence-corrected chi connectivity index (χ4v) is 1.68. The van der Waals surface area contributed by atoms with Gasteiger partial charge in [-0.15, -0.1) is 0 Å². The second kappa shape index (κ2) is 6.58. The Morgan fingerprint density at radius 1 is 1.50 bits per heavy atom. The zero-order valence-corrected chi connectivity index (χ0v) is 9.82. The number of nitrogens with zero attached hydrogens (tertiary/aromatic N) is 1. The topological polar surface area (TPSA) is 38.5 Å². The predicted molar refractivity (Wildman–Crippen MR) is 62.6 cm³/mol. The van der Waals surface area contributed by atoms with Crippen molar-refractivity contribution in [3.8, 4) is 0 Å². The summed E-state index contributed by atoms with van der Waals surface area (Å²) >= 11 is 0. The number of halogens is 1. The van der Waals surface area contributed by atoms with Crippen molar-refractivity contribution >= 4 is 0 Å². The maximum Gasteiger partial charge on any atom is 0.123 e. The van der Waals surface area contributed by atoms with E-state index in [0.29, 0.717) is 13.2 Å². The van der Waals surface area contributed by atoms with Gasteiger partial charge in [0.15, 0.2) is 0 Å². The molecule has 0 aromatic heterocycles. The summed E-state index contributed by atoms with van der Waals surface area (Å²) in [5, 5.41) is 0. The van der Waals surface area contributed by atoms with Crippen LogP contribution in [0.25, 0.3) is 0 Å². The van der Waals surface area contributed by atoms with E-state index in [2.05, 4.69) is 4.90 Å². The number of ether oxygens (including phenoxy) is 1. The van der Waals surface area contributed by atoms with Crippen molar-refractivity contribution in [3.63, 3.8) is 0 Å². The molecular weight excluding hydrogens is 207 g/mol. The van der Waals surface area contributed by atoms with Gasteiger partial charge in [0.1, 0.15) is 5.82 Å². The molecule has 0 radical (unpaired) electrons. The first-order valence-electron chi connectivity index (χ1n) is 5.29. The highest BCUT2D eigenvalue weighted by Gasteiger charge is 2.07. The Labute approximate surface area is 96.0 Å². The van der Waals surface area contributed by atoms with Crippen molar-refractivity contribution in [2.24, 2.45) is 5.73 Å². The molecule has 0 aliphatic carbocycles. The summed E-state index contributed by atoms with van der Waals surface area (Å²) < 4.78 is 17.9. The highest BCUT2D eigenvalue weighted by molar-refractivity contribution is 5.16. The fraction of sp³-hybridized carbons (Fsp3) is 0.500. The van der Waals surface area contributed by atoms with E-state index >= 15 is 0 Å². The molecule has 1 atom stereocenters. The first kappa shape index (κ1) is 13.1. The Bertz CT molecular complexity index is 320. The second-order valence-electron chi connectivity index (χ2n) is 4.04. The van der Waals surface area contributed by atoms with Crippen LogP contribution in [0.3, 0.4) is 0 Å². The van der Waals surface area contributed by atoms with E-state index in [1.165, 1.54) is 6.07 Å². The molecule has 0 heterocycles. The van der Waals surface area contributed by atoms with Gasteiger partial charge in [0.2, 0.25) is 0 Å². The zero-order valence-electron chi connectivity index (χ0n) is 9.82. The van der Waals surface area contributed by atoms with Gasteiger partial charge in [0.25, 0.3) is 0 Å². The van der Waals surface area contributed by atoms with Crippen LogP contribution in [0, 0.1) is 5.82 Å². The largest absolute Gasteiger partial charge is 0.383 e. The first-order chi connectivity index (χ1) is 7.61. The Morgan fingerprint density at radius 3 is 2.88 bits per heavy atom. The monoisotopic (exact) mass is 226 g/mol. The van der Waals surface area contributed by atoms with Crippen LogP contribution in [-0.4, -0.2) is 38.3 Å². The van der Waals surface area contributed by atoms with Crippen LogP contribution < -0.4 is 5.73 Å². The van der Waals surface area contributed by atoms with Crippen molar-refractivity contribution in [2.75, 3.05) is 27.3 Å². The van der Waals surface area contributed by atoms with E-state index in [9.17, 15) is 4.39 Å². The van der Waals surface area contributed by atoms with Gasteiger partial charge in [-0.25, -0.2) is 4.39 Å². The summed E-state index contributed by atoms with van der Waals surface area (Å²) in [6.07, 6.45) is 0. The van der Waals surface area contributed by atoms with Gasteiger partial charge < -0.3 is 15.4 Å². The third-order valence-electron chi connectivity index (χ3n) is 2.27. The zero-order chi connectivity index (χ0) is 12.0. The molecule has 0 aliphatic rings. The molecule has 0 spiro atoms. The second-order valence-corrected chi connectivity index (χ2v) is 4.04. The van der Waals surface area contributed by atoms with Crippen molar-refractivity contribution in [2.45, 2.75) is 12.6 Å². The standard InChI is InChI=1S/C12H19FN2O/c1-15(8-12(14)9-16-2)7-10-4-3-5-11(13)6-10/h3-6,12H,7-9,14H2,1-2H3. The van der Waals surface area contributed by atoms with Gasteiger partial charge in [-0.1, -0.05) is 12.1 Å². The lowest BCUT2D eigenvalue weighted by Gasteiger charge is -2.20. The summed E-state index contributed by atoms with van der Waals surface area (Å²) in [6.45, 7) is 1.95. The Kier molecular flexibility index (Phi) is 5.38. The molecule has 1 rings (SSSR count). The number of hydrogen-bond acceptors (Lipinski definition) is 3. The molecule has 90 valence electrons. The lowest BCUT2D eigenvalue weighted by molar-refractivity contribution is 0.160. The number of rotatable bonds is 6. The SMILES string of the molecule is COCC(N)CN(C)Cc1cccc(F)c1. The lowest BCUT2D eigenvalue weighted by Crippen LogP contribution is -2.38. The van der Waals surface area contributed by atoms with Crippen molar-refractivity contribution in [3.05, 3.63) is 35.6 Å². The van der Waals surface area contributed by atoms with Gasteiger partial charge in [0.05, 0.1) is 6.61 Å². The number of likely N-dealkylation sites (N-methyl/N-ethyl adjacent to an activating group) is 1. The third kappa shape index (κ3) is 4.70. The molecule has 0 amide bonds. The summed E-state index contributed by atoms with van der Waals surface area (Å²) in [7, 11) is 3.59. The van der Waals surface area contributed by atoms with Gasteiger partial charge in [-0.2, -0.15) is 0 Å². The van der Waals surface area contributed by atoms with Gasteiger partial charge in [-0.05, 0) is 24.7 Å². The molecule has 0 fully saturated rings. The molecule has 4 heteroatoms. The number of hydrogen-bond donors (Lipinski definition) is 1. The molecule has 1 unspecified atom stereocenters. The van der Waals surface area contributed by atoms with Crippen LogP contribution in [0.5, 0.6) is 0 Å². The van der Waals surface area contributed by atoms with Crippen LogP contribution in [0.15, 0.2) is 24.3 Å². The molecule has 3 nitrogen and oxygen atoms in total. The molecule has 16 heavy (non-hydrogen) atoms. The van der Waals surface area contributed by atoms with E-state index in [4.69, 9.17) is 10.5 Å². The predicted octanol–water partition coefficient (Wildman–Crippen LogP) is 1.23. The molecular formula is C12H19FN2O. The quantitative estimate of drug-likeness (QED) is 0.793. The Balaban J connectivity index is 2.42. The van der Waals surface area contributed by atoms with Crippen LogP contribution in [-0.2, 0) is 11.3 Å². The van der Waals surface area contributed by atoms with E-state index in [0.717, 1.165) is 12.1 Å². The van der Waals surface area contributed by atoms with E-state index in [-0.39, 0.29) is 11.9 Å². The van der Waals surface area contributed by atoms with Gasteiger partial charge in [-0.3, -0.25) is 0 Å². The number of methoxy groups -OCH3 is 1. The normalized spacial score (nSPS) is 13.1. The number of benzene rings is 1. The minimum Gasteiger partial charge on any atom is -0.383 e. The smallest absolute Gasteiger partial charge is 0.123 e. The molecule has 0 saturated carbocycles. The van der Waals surface area contributed by atoms with E-state index < -0.39 is 0 Å². The van der Waals surface area contributed by atoms with Crippen molar-refractivity contribution < 1.29 is 9.13 Å². The minimum atomic E-state index is -0.202. The minimum absolute atomic E-state index is 0.0106. The Hall–Kier alpha value is -0.970. The average Bonchev–Trinajstić information content (AvgIpc) is 2.17. The molecule has 2 N–H and O–H groups in total. The summed E-state index contributed by atoms with van der Waals surface area (Å²) in [5.41, 5.74) is 6.78. The maximum atomic E-state index is 12.9. The first-order valence-corrected chi connectivity index (χ1v) is 5.29. The van der Waals surface area contributed by atoms with Crippen LogP contribution in [0.2, 0.25) is 0 Å². The summed E-state index contributed by atoms with van der Waals surface area (Å²) in [5.74, 6) is -0.202. The Morgan fingerprint density at radius 2 is 2.25 bits per heavy atom. The highest BCUT2D eigenvalue weighted by Crippen LogP contribution is 2.06. The van der Waals surface area contributed by atoms with Crippen LogP contribution >= 0.6 is 0 Å². The third-order valence-corrected chi connectivity index (χ3v) is 2.27. The van der Waals surface area contributed by atoms with Crippen molar-refractivity contribution in [1.82, 2.24) is 4.90 Å². The number of nitrogens with two attached hydrogens (primary N) is 1.